The monoisotopic (exact) mass is 320 g/mol. The number of para-hydroxylation sites is 1. The molecular formula is C14H17BrN4. The first-order valence-corrected chi connectivity index (χ1v) is 7.26. The maximum atomic E-state index is 4.82. The van der Waals surface area contributed by atoms with E-state index in [1.165, 1.54) is 16.8 Å². The van der Waals surface area contributed by atoms with Crippen LogP contribution in [0.3, 0.4) is 0 Å². The third-order valence-electron chi connectivity index (χ3n) is 3.62. The molecule has 0 aliphatic rings. The van der Waals surface area contributed by atoms with E-state index >= 15 is 0 Å². The molecule has 0 aliphatic heterocycles. The van der Waals surface area contributed by atoms with Crippen LogP contribution in [0, 0.1) is 0 Å². The van der Waals surface area contributed by atoms with Gasteiger partial charge < -0.3 is 9.88 Å². The van der Waals surface area contributed by atoms with Gasteiger partial charge in [0, 0.05) is 13.6 Å². The molecule has 3 aromatic rings. The third-order valence-corrected chi connectivity index (χ3v) is 4.43. The summed E-state index contributed by atoms with van der Waals surface area (Å²) >= 11 is 3.71. The lowest BCUT2D eigenvalue weighted by Gasteiger charge is -2.03. The van der Waals surface area contributed by atoms with E-state index in [1.54, 1.807) is 0 Å². The zero-order valence-electron chi connectivity index (χ0n) is 11.4. The molecule has 4 nitrogen and oxygen atoms in total. The zero-order chi connectivity index (χ0) is 13.6. The van der Waals surface area contributed by atoms with Gasteiger partial charge in [-0.25, -0.2) is 4.98 Å². The predicted molar refractivity (Wildman–Crippen MR) is 81.5 cm³/mol. The largest absolute Gasteiger partial charge is 0.315 e. The Hall–Kier alpha value is -1.33. The molecule has 0 spiro atoms. The molecule has 0 saturated heterocycles. The molecule has 0 aliphatic carbocycles. The third kappa shape index (κ3) is 1.72. The summed E-state index contributed by atoms with van der Waals surface area (Å²) in [6.07, 6.45) is 1.00. The number of fused-ring (bicyclic) bond motifs is 3. The lowest BCUT2D eigenvalue weighted by molar-refractivity contribution is 0.738. The molecule has 100 valence electrons. The van der Waals surface area contributed by atoms with Gasteiger partial charge >= 0.3 is 0 Å². The van der Waals surface area contributed by atoms with Crippen molar-refractivity contribution in [2.24, 2.45) is 7.05 Å². The minimum Gasteiger partial charge on any atom is -0.315 e. The Morgan fingerprint density at radius 3 is 2.84 bits per heavy atom. The van der Waals surface area contributed by atoms with E-state index in [-0.39, 0.29) is 0 Å². The number of rotatable bonds is 3. The first-order valence-electron chi connectivity index (χ1n) is 6.46. The van der Waals surface area contributed by atoms with Gasteiger partial charge in [0.25, 0.3) is 0 Å². The molecule has 2 aromatic heterocycles. The van der Waals surface area contributed by atoms with E-state index in [2.05, 4.69) is 62.4 Å². The van der Waals surface area contributed by atoms with Crippen LogP contribution in [0.5, 0.6) is 0 Å². The fourth-order valence-electron chi connectivity index (χ4n) is 2.60. The van der Waals surface area contributed by atoms with Crippen LogP contribution in [0.1, 0.15) is 18.2 Å². The molecular weight excluding hydrogens is 304 g/mol. The Balaban J connectivity index is 2.41. The summed E-state index contributed by atoms with van der Waals surface area (Å²) in [6.45, 7) is 2.98. The second kappa shape index (κ2) is 4.65. The topological polar surface area (TPSA) is 34.3 Å². The van der Waals surface area contributed by atoms with Gasteiger partial charge in [0.15, 0.2) is 0 Å². The van der Waals surface area contributed by atoms with Crippen molar-refractivity contribution >= 4 is 32.7 Å². The highest BCUT2D eigenvalue weighted by Gasteiger charge is 2.17. The summed E-state index contributed by atoms with van der Waals surface area (Å²) < 4.78 is 5.40. The first-order chi connectivity index (χ1) is 9.19. The maximum absolute atomic E-state index is 4.82. The average molecular weight is 321 g/mol. The van der Waals surface area contributed by atoms with Crippen LogP contribution in [0.4, 0.5) is 0 Å². The number of nitrogens with zero attached hydrogens (tertiary/aromatic N) is 3. The van der Waals surface area contributed by atoms with Crippen molar-refractivity contribution in [1.29, 1.82) is 0 Å². The van der Waals surface area contributed by atoms with E-state index in [4.69, 9.17) is 4.98 Å². The number of aromatic nitrogens is 3. The Labute approximate surface area is 120 Å². The second-order valence-corrected chi connectivity index (χ2v) is 5.46. The van der Waals surface area contributed by atoms with Crippen LogP contribution in [-0.2, 0) is 20.0 Å². The molecule has 2 heterocycles. The van der Waals surface area contributed by atoms with Crippen LogP contribution < -0.4 is 5.32 Å². The van der Waals surface area contributed by atoms with E-state index < -0.39 is 0 Å². The summed E-state index contributed by atoms with van der Waals surface area (Å²) in [6, 6.07) is 6.38. The van der Waals surface area contributed by atoms with E-state index in [1.807, 2.05) is 7.05 Å². The number of benzene rings is 1. The van der Waals surface area contributed by atoms with Crippen molar-refractivity contribution in [3.63, 3.8) is 0 Å². The van der Waals surface area contributed by atoms with Crippen molar-refractivity contribution in [3.8, 4) is 0 Å². The number of halogens is 1. The molecule has 1 N–H and O–H groups in total. The van der Waals surface area contributed by atoms with Crippen molar-refractivity contribution in [1.82, 2.24) is 19.3 Å². The van der Waals surface area contributed by atoms with Crippen LogP contribution >= 0.6 is 15.9 Å². The second-order valence-electron chi connectivity index (χ2n) is 4.71. The van der Waals surface area contributed by atoms with Gasteiger partial charge in [-0.05, 0) is 41.0 Å². The quantitative estimate of drug-likeness (QED) is 0.805. The molecule has 0 atom stereocenters. The summed E-state index contributed by atoms with van der Waals surface area (Å²) in [5.74, 6) is 0.980. The van der Waals surface area contributed by atoms with Crippen LogP contribution in [0.15, 0.2) is 22.8 Å². The van der Waals surface area contributed by atoms with Gasteiger partial charge in [-0.3, -0.25) is 4.40 Å². The van der Waals surface area contributed by atoms with E-state index in [9.17, 15) is 0 Å². The molecule has 5 heteroatoms. The highest BCUT2D eigenvalue weighted by molar-refractivity contribution is 9.10. The van der Waals surface area contributed by atoms with Crippen molar-refractivity contribution in [3.05, 3.63) is 34.1 Å². The number of aryl methyl sites for hydroxylation is 2. The highest BCUT2D eigenvalue weighted by Crippen LogP contribution is 2.28. The number of hydrogen-bond donors (Lipinski definition) is 1. The van der Waals surface area contributed by atoms with Crippen LogP contribution in [0.25, 0.3) is 16.8 Å². The Morgan fingerprint density at radius 1 is 1.37 bits per heavy atom. The Morgan fingerprint density at radius 2 is 2.16 bits per heavy atom. The SMILES string of the molecule is CCc1cccc2c1nc1n(C)c(CNC)c(Br)n21. The molecule has 3 rings (SSSR count). The van der Waals surface area contributed by atoms with Gasteiger partial charge in [0.05, 0.1) is 16.7 Å². The smallest absolute Gasteiger partial charge is 0.215 e. The van der Waals surface area contributed by atoms with Crippen molar-refractivity contribution in [2.75, 3.05) is 7.05 Å². The summed E-state index contributed by atoms with van der Waals surface area (Å²) in [7, 11) is 4.01. The number of nitrogens with one attached hydrogen (secondary N) is 1. The lowest BCUT2D eigenvalue weighted by Crippen LogP contribution is -2.09. The minimum absolute atomic E-state index is 0.815. The molecule has 0 unspecified atom stereocenters. The first kappa shape index (κ1) is 12.7. The van der Waals surface area contributed by atoms with Gasteiger partial charge in [-0.2, -0.15) is 0 Å². The zero-order valence-corrected chi connectivity index (χ0v) is 13.0. The van der Waals surface area contributed by atoms with E-state index in [0.29, 0.717) is 0 Å². The maximum Gasteiger partial charge on any atom is 0.215 e. The van der Waals surface area contributed by atoms with Crippen LogP contribution in [-0.4, -0.2) is 21.0 Å². The fraction of sp³-hybridized carbons (Fsp3) is 0.357. The fourth-order valence-corrected chi connectivity index (χ4v) is 3.35. The van der Waals surface area contributed by atoms with Gasteiger partial charge in [-0.1, -0.05) is 19.1 Å². The number of hydrogen-bond acceptors (Lipinski definition) is 2. The van der Waals surface area contributed by atoms with Gasteiger partial charge in [-0.15, -0.1) is 0 Å². The lowest BCUT2D eigenvalue weighted by atomic mass is 10.1. The van der Waals surface area contributed by atoms with E-state index in [0.717, 1.165) is 28.9 Å². The normalized spacial score (nSPS) is 11.8. The Bertz CT molecular complexity index is 754. The summed E-state index contributed by atoms with van der Waals surface area (Å²) in [5, 5.41) is 3.20. The molecule has 0 bridgehead atoms. The van der Waals surface area contributed by atoms with Gasteiger partial charge in [0.1, 0.15) is 4.60 Å². The molecule has 1 aromatic carbocycles. The van der Waals surface area contributed by atoms with Crippen molar-refractivity contribution < 1.29 is 0 Å². The predicted octanol–water partition coefficient (Wildman–Crippen LogP) is 2.87. The van der Waals surface area contributed by atoms with Gasteiger partial charge in [0.2, 0.25) is 5.78 Å². The molecule has 0 fully saturated rings. The minimum atomic E-state index is 0.815. The van der Waals surface area contributed by atoms with Crippen LogP contribution in [0.2, 0.25) is 0 Å². The Kier molecular flexibility index (Phi) is 3.11. The van der Waals surface area contributed by atoms with Crippen molar-refractivity contribution in [2.45, 2.75) is 19.9 Å². The standard InChI is InChI=1S/C14H17BrN4/c1-4-9-6-5-7-10-12(9)17-14-18(3)11(8-16-2)13(15)19(10)14/h5-7,16H,4,8H2,1-3H3. The highest BCUT2D eigenvalue weighted by atomic mass is 79.9. The molecule has 19 heavy (non-hydrogen) atoms. The number of imidazole rings is 2. The molecule has 0 radical (unpaired) electrons. The molecule has 0 saturated carbocycles. The molecule has 0 amide bonds. The summed E-state index contributed by atoms with van der Waals surface area (Å²) in [5.41, 5.74) is 4.77. The average Bonchev–Trinajstić information content (AvgIpc) is 2.91. The summed E-state index contributed by atoms with van der Waals surface area (Å²) in [4.78, 5) is 4.82.